The Morgan fingerprint density at radius 2 is 1.90 bits per heavy atom. The van der Waals surface area contributed by atoms with Crippen LogP contribution in [0.25, 0.3) is 0 Å². The van der Waals surface area contributed by atoms with Crippen LogP contribution >= 0.6 is 0 Å². The summed E-state index contributed by atoms with van der Waals surface area (Å²) >= 11 is 0. The number of rotatable bonds is 0. The minimum absolute atomic E-state index is 0. The summed E-state index contributed by atoms with van der Waals surface area (Å²) in [6, 6.07) is 0. The Bertz CT molecular complexity index is 107. The zero-order valence-electron chi connectivity index (χ0n) is 6.55. The Kier molecular flexibility index (Phi) is 2.47. The number of hydroxylamine groups is 3. The molecule has 0 amide bonds. The second kappa shape index (κ2) is 2.87. The number of hydrogen-bond acceptors (Lipinski definition) is 1. The van der Waals surface area contributed by atoms with E-state index in [4.69, 9.17) is 0 Å². The van der Waals surface area contributed by atoms with Crippen molar-refractivity contribution in [1.29, 1.82) is 0 Å². The monoisotopic (exact) mass is 133 g/mol. The second-order valence-electron chi connectivity index (χ2n) is 3.26. The van der Waals surface area contributed by atoms with Gasteiger partial charge in [0.25, 0.3) is 0 Å². The number of hydrogen-bond donors (Lipinski definition) is 0. The van der Waals surface area contributed by atoms with Gasteiger partial charge in [0.05, 0.1) is 13.1 Å². The number of piperidine rings is 3. The molecule has 3 saturated heterocycles. The minimum Gasteiger partial charge on any atom is -0.662 e. The van der Waals surface area contributed by atoms with Crippen molar-refractivity contribution in [2.75, 3.05) is 13.1 Å². The second-order valence-corrected chi connectivity index (χ2v) is 3.26. The Labute approximate surface area is 73.9 Å². The van der Waals surface area contributed by atoms with Crippen LogP contribution in [-0.2, 0) is 0 Å². The fourth-order valence-corrected chi connectivity index (χ4v) is 1.82. The van der Waals surface area contributed by atoms with Crippen LogP contribution in [0.3, 0.4) is 0 Å². The fourth-order valence-electron chi connectivity index (χ4n) is 1.82. The average molecular weight is 133 g/mol. The summed E-state index contributed by atoms with van der Waals surface area (Å²) in [4.78, 5) is 0. The molecule has 0 aliphatic carbocycles. The van der Waals surface area contributed by atoms with Crippen LogP contribution in [0.4, 0.5) is 0 Å². The molecule has 0 aromatic heterocycles. The van der Waals surface area contributed by atoms with Crippen LogP contribution in [0, 0.1) is 17.7 Å². The van der Waals surface area contributed by atoms with Crippen LogP contribution in [-0.4, -0.2) is 17.7 Å². The van der Waals surface area contributed by atoms with Crippen molar-refractivity contribution in [2.24, 2.45) is 5.92 Å². The molecule has 3 aliphatic heterocycles. The van der Waals surface area contributed by atoms with E-state index in [1.54, 1.807) is 0 Å². The van der Waals surface area contributed by atoms with Gasteiger partial charge in [-0.1, -0.05) is 5.92 Å². The molecule has 3 rings (SSSR count). The summed E-state index contributed by atoms with van der Waals surface area (Å²) in [7, 11) is 0. The van der Waals surface area contributed by atoms with Gasteiger partial charge in [0.1, 0.15) is 0 Å². The van der Waals surface area contributed by atoms with Gasteiger partial charge in [0.15, 0.2) is 0 Å². The maximum atomic E-state index is 11.4. The van der Waals surface area contributed by atoms with Gasteiger partial charge in [-0.15, -0.1) is 13.0 Å². The molecule has 10 heavy (non-hydrogen) atoms. The van der Waals surface area contributed by atoms with E-state index in [0.717, 1.165) is 25.4 Å². The van der Waals surface area contributed by atoms with Gasteiger partial charge in [-0.2, -0.15) is 0 Å². The van der Waals surface area contributed by atoms with Gasteiger partial charge < -0.3 is 9.85 Å². The third-order valence-electron chi connectivity index (χ3n) is 2.60. The predicted octanol–water partition coefficient (Wildman–Crippen LogP) is -1.72. The summed E-state index contributed by atoms with van der Waals surface area (Å²) < 4.78 is 0.0104. The molecule has 0 atom stereocenters. The first-order chi connectivity index (χ1) is 4.29. The van der Waals surface area contributed by atoms with Gasteiger partial charge >= 0.3 is 18.9 Å². The average Bonchev–Trinajstić information content (AvgIpc) is 1.90. The normalized spacial score (nSPS) is 44.7. The molecule has 0 aromatic carbocycles. The largest absolute Gasteiger partial charge is 1.00 e. The van der Waals surface area contributed by atoms with Crippen molar-refractivity contribution in [3.63, 3.8) is 0 Å². The van der Waals surface area contributed by atoms with E-state index in [1.165, 1.54) is 12.8 Å². The van der Waals surface area contributed by atoms with E-state index in [-0.39, 0.29) is 23.5 Å². The fraction of sp³-hybridized carbons (Fsp3) is 0.857. The molecular formula is C7H12LiNO. The molecule has 0 aromatic rings. The van der Waals surface area contributed by atoms with Crippen molar-refractivity contribution in [3.05, 3.63) is 11.8 Å². The summed E-state index contributed by atoms with van der Waals surface area (Å²) in [6.07, 6.45) is 3.41. The first kappa shape index (κ1) is 8.61. The Morgan fingerprint density at radius 3 is 2.10 bits per heavy atom. The predicted molar refractivity (Wildman–Crippen MR) is 35.0 cm³/mol. The smallest absolute Gasteiger partial charge is 0.662 e. The van der Waals surface area contributed by atoms with E-state index in [1.807, 2.05) is 6.54 Å². The third-order valence-corrected chi connectivity index (χ3v) is 2.60. The van der Waals surface area contributed by atoms with Crippen molar-refractivity contribution in [3.8, 4) is 0 Å². The summed E-state index contributed by atoms with van der Waals surface area (Å²) in [6.45, 7) is 3.65. The molecule has 2 nitrogen and oxygen atoms in total. The van der Waals surface area contributed by atoms with Gasteiger partial charge in [-0.3, -0.25) is 0 Å². The molecule has 3 heteroatoms. The zero-order valence-corrected chi connectivity index (χ0v) is 6.55. The van der Waals surface area contributed by atoms with E-state index >= 15 is 0 Å². The SMILES string of the molecule is [Li+].[O-][N+]12[CH-]CC(CC1)CC2. The van der Waals surface area contributed by atoms with E-state index in [2.05, 4.69) is 0 Å². The molecule has 3 aliphatic rings. The third kappa shape index (κ3) is 1.40. The molecule has 3 heterocycles. The molecule has 52 valence electrons. The summed E-state index contributed by atoms with van der Waals surface area (Å²) in [5.41, 5.74) is 0. The summed E-state index contributed by atoms with van der Waals surface area (Å²) in [5, 5.41) is 11.4. The van der Waals surface area contributed by atoms with E-state index in [0.29, 0.717) is 0 Å². The van der Waals surface area contributed by atoms with Gasteiger partial charge in [-0.05, 0) is 12.8 Å². The van der Waals surface area contributed by atoms with Crippen LogP contribution in [0.5, 0.6) is 0 Å². The van der Waals surface area contributed by atoms with E-state index < -0.39 is 0 Å². The van der Waals surface area contributed by atoms with Crippen LogP contribution in [0.2, 0.25) is 0 Å². The standard InChI is InChI=1S/C7H12NO.Li/c9-8-4-1-7(2-5-8)3-6-8;/h4,7H,1-3,5-6H2;/q-1;+1. The van der Waals surface area contributed by atoms with Gasteiger partial charge in [0, 0.05) is 0 Å². The van der Waals surface area contributed by atoms with Crippen molar-refractivity contribution in [1.82, 2.24) is 0 Å². The maximum Gasteiger partial charge on any atom is 1.00 e. The Balaban J connectivity index is 0.000000500. The Morgan fingerprint density at radius 1 is 1.30 bits per heavy atom. The number of fused-ring (bicyclic) bond motifs is 3. The van der Waals surface area contributed by atoms with Crippen LogP contribution in [0.15, 0.2) is 0 Å². The van der Waals surface area contributed by atoms with Crippen molar-refractivity contribution >= 4 is 0 Å². The minimum atomic E-state index is 0. The molecule has 0 unspecified atom stereocenters. The topological polar surface area (TPSA) is 23.1 Å². The first-order valence-corrected chi connectivity index (χ1v) is 3.71. The van der Waals surface area contributed by atoms with E-state index in [9.17, 15) is 5.21 Å². The van der Waals surface area contributed by atoms with Crippen LogP contribution < -0.4 is 18.9 Å². The van der Waals surface area contributed by atoms with Crippen molar-refractivity contribution in [2.45, 2.75) is 19.3 Å². The molecule has 0 saturated carbocycles. The summed E-state index contributed by atoms with van der Waals surface area (Å²) in [5.74, 6) is 0.860. The Hall–Kier alpha value is 0.517. The van der Waals surface area contributed by atoms with Crippen LogP contribution in [0.1, 0.15) is 19.3 Å². The first-order valence-electron chi connectivity index (χ1n) is 3.71. The quantitative estimate of drug-likeness (QED) is 0.167. The number of nitrogens with zero attached hydrogens (tertiary/aromatic N) is 1. The number of quaternary nitrogens is 1. The van der Waals surface area contributed by atoms with Crippen molar-refractivity contribution < 1.29 is 23.5 Å². The maximum absolute atomic E-state index is 11.4. The molecular weight excluding hydrogens is 121 g/mol. The van der Waals surface area contributed by atoms with Gasteiger partial charge in [0.2, 0.25) is 0 Å². The molecule has 3 fully saturated rings. The molecule has 0 radical (unpaired) electrons. The molecule has 2 bridgehead atoms. The van der Waals surface area contributed by atoms with Gasteiger partial charge in [-0.25, -0.2) is 0 Å². The zero-order chi connectivity index (χ0) is 6.32. The molecule has 0 spiro atoms. The molecule has 0 N–H and O–H groups in total.